The van der Waals surface area contributed by atoms with E-state index < -0.39 is 17.7 Å². The lowest BCUT2D eigenvalue weighted by molar-refractivity contribution is -0.130. The first-order valence-electron chi connectivity index (χ1n) is 6.15. The third kappa shape index (κ3) is 2.95. The number of ether oxygens (including phenoxy) is 1. The maximum atomic E-state index is 12.1. The zero-order valence-corrected chi connectivity index (χ0v) is 12.0. The Morgan fingerprint density at radius 1 is 1.58 bits per heavy atom. The van der Waals surface area contributed by atoms with Gasteiger partial charge in [-0.25, -0.2) is 4.79 Å². The van der Waals surface area contributed by atoms with Crippen molar-refractivity contribution in [3.63, 3.8) is 0 Å². The molecule has 2 aliphatic rings. The van der Waals surface area contributed by atoms with Crippen LogP contribution >= 0.6 is 11.8 Å². The fourth-order valence-electron chi connectivity index (χ4n) is 2.19. The van der Waals surface area contributed by atoms with E-state index in [-0.39, 0.29) is 17.3 Å². The van der Waals surface area contributed by atoms with Gasteiger partial charge < -0.3 is 15.0 Å². The molecular formula is C12H17N3O3S. The summed E-state index contributed by atoms with van der Waals surface area (Å²) in [5.41, 5.74) is -0.591. The molecular weight excluding hydrogens is 266 g/mol. The number of thioether (sulfide) groups is 1. The van der Waals surface area contributed by atoms with Gasteiger partial charge in [-0.15, -0.1) is 11.8 Å². The monoisotopic (exact) mass is 283 g/mol. The zero-order valence-electron chi connectivity index (χ0n) is 11.2. The number of alkyl carbamates (subject to hydrolysis) is 1. The second-order valence-electron chi connectivity index (χ2n) is 5.61. The van der Waals surface area contributed by atoms with Crippen molar-refractivity contribution in [3.05, 3.63) is 0 Å². The molecule has 0 aromatic rings. The smallest absolute Gasteiger partial charge is 0.408 e. The molecule has 2 amide bonds. The molecule has 2 aliphatic heterocycles. The van der Waals surface area contributed by atoms with Crippen LogP contribution < -0.4 is 5.32 Å². The third-order valence-electron chi connectivity index (χ3n) is 2.92. The highest BCUT2D eigenvalue weighted by Crippen LogP contribution is 2.37. The number of fused-ring (bicyclic) bond motifs is 1. The van der Waals surface area contributed by atoms with Gasteiger partial charge in [-0.2, -0.15) is 5.26 Å². The topological polar surface area (TPSA) is 82.4 Å². The standard InChI is InChI=1S/C12H17N3O3S/c1-12(2,3)18-11(17)14-8-4-9-15(10(8)16)7(5-13)6-19-9/h7-9H,4,6H2,1-3H3,(H,14,17)/t7-,8-,9?/m1/s1. The Kier molecular flexibility index (Phi) is 3.63. The van der Waals surface area contributed by atoms with Crippen molar-refractivity contribution >= 4 is 23.8 Å². The fourth-order valence-corrected chi connectivity index (χ4v) is 3.57. The summed E-state index contributed by atoms with van der Waals surface area (Å²) in [5.74, 6) is 0.457. The Balaban J connectivity index is 1.96. The minimum absolute atomic E-state index is 0.00270. The van der Waals surface area contributed by atoms with Crippen LogP contribution in [0.25, 0.3) is 0 Å². The number of nitrogens with one attached hydrogen (secondary N) is 1. The van der Waals surface area contributed by atoms with Gasteiger partial charge in [-0.3, -0.25) is 4.79 Å². The number of carbonyl (C=O) groups is 2. The van der Waals surface area contributed by atoms with E-state index >= 15 is 0 Å². The number of carbonyl (C=O) groups excluding carboxylic acids is 2. The molecule has 0 aromatic heterocycles. The van der Waals surface area contributed by atoms with Gasteiger partial charge in [0.2, 0.25) is 5.91 Å². The normalized spacial score (nSPS) is 29.9. The summed E-state index contributed by atoms with van der Waals surface area (Å²) in [6.45, 7) is 5.30. The molecule has 3 atom stereocenters. The van der Waals surface area contributed by atoms with Crippen LogP contribution in [0.2, 0.25) is 0 Å². The van der Waals surface area contributed by atoms with Crippen LogP contribution in [0.4, 0.5) is 4.79 Å². The van der Waals surface area contributed by atoms with E-state index in [0.717, 1.165) is 0 Å². The first-order chi connectivity index (χ1) is 8.81. The maximum Gasteiger partial charge on any atom is 0.408 e. The molecule has 1 unspecified atom stereocenters. The molecule has 2 saturated heterocycles. The zero-order chi connectivity index (χ0) is 14.2. The van der Waals surface area contributed by atoms with Crippen LogP contribution in [-0.4, -0.2) is 45.7 Å². The van der Waals surface area contributed by atoms with E-state index in [2.05, 4.69) is 11.4 Å². The summed E-state index contributed by atoms with van der Waals surface area (Å²) in [6.07, 6.45) is -0.0634. The van der Waals surface area contributed by atoms with E-state index in [0.29, 0.717) is 12.2 Å². The highest BCUT2D eigenvalue weighted by atomic mass is 32.2. The molecule has 0 spiro atoms. The molecule has 2 heterocycles. The second kappa shape index (κ2) is 4.93. The number of nitriles is 1. The summed E-state index contributed by atoms with van der Waals surface area (Å²) in [6, 6.07) is 1.16. The summed E-state index contributed by atoms with van der Waals surface area (Å²) in [4.78, 5) is 25.4. The number of rotatable bonds is 1. The largest absolute Gasteiger partial charge is 0.444 e. The van der Waals surface area contributed by atoms with Crippen LogP contribution in [-0.2, 0) is 9.53 Å². The molecule has 2 fully saturated rings. The SMILES string of the molecule is CC(C)(C)OC(=O)N[C@@H]1CC2SC[C@@H](C#N)N2C1=O. The van der Waals surface area contributed by atoms with Crippen molar-refractivity contribution in [1.29, 1.82) is 5.26 Å². The van der Waals surface area contributed by atoms with Crippen LogP contribution in [0.15, 0.2) is 0 Å². The van der Waals surface area contributed by atoms with E-state index in [4.69, 9.17) is 10.00 Å². The Labute approximate surface area is 116 Å². The van der Waals surface area contributed by atoms with E-state index in [1.54, 1.807) is 37.4 Å². The lowest BCUT2D eigenvalue weighted by atomic mass is 10.2. The Hall–Kier alpha value is -1.42. The first kappa shape index (κ1) is 14.0. The van der Waals surface area contributed by atoms with Crippen molar-refractivity contribution in [1.82, 2.24) is 10.2 Å². The average Bonchev–Trinajstić information content (AvgIpc) is 2.78. The molecule has 1 N–H and O–H groups in total. The van der Waals surface area contributed by atoms with Crippen molar-refractivity contribution < 1.29 is 14.3 Å². The predicted octanol–water partition coefficient (Wildman–Crippen LogP) is 1.08. The number of nitrogens with zero attached hydrogens (tertiary/aromatic N) is 2. The van der Waals surface area contributed by atoms with Gasteiger partial charge in [0, 0.05) is 12.2 Å². The predicted molar refractivity (Wildman–Crippen MR) is 70.3 cm³/mol. The second-order valence-corrected chi connectivity index (χ2v) is 6.82. The van der Waals surface area contributed by atoms with Crippen molar-refractivity contribution in [3.8, 4) is 6.07 Å². The number of amides is 2. The highest BCUT2D eigenvalue weighted by Gasteiger charge is 2.48. The Bertz CT molecular complexity index is 440. The summed E-state index contributed by atoms with van der Waals surface area (Å²) >= 11 is 1.58. The van der Waals surface area contributed by atoms with E-state index in [1.807, 2.05) is 0 Å². The van der Waals surface area contributed by atoms with Gasteiger partial charge in [0.1, 0.15) is 17.7 Å². The third-order valence-corrected chi connectivity index (χ3v) is 4.23. The molecule has 7 heteroatoms. The molecule has 0 radical (unpaired) electrons. The highest BCUT2D eigenvalue weighted by molar-refractivity contribution is 8.00. The van der Waals surface area contributed by atoms with Gasteiger partial charge >= 0.3 is 6.09 Å². The van der Waals surface area contributed by atoms with Crippen LogP contribution in [0.5, 0.6) is 0 Å². The molecule has 104 valence electrons. The molecule has 0 bridgehead atoms. The summed E-state index contributed by atoms with van der Waals surface area (Å²) in [7, 11) is 0. The molecule has 6 nitrogen and oxygen atoms in total. The summed E-state index contributed by atoms with van der Waals surface area (Å²) < 4.78 is 5.13. The average molecular weight is 283 g/mol. The minimum atomic E-state index is -0.592. The van der Waals surface area contributed by atoms with Gasteiger partial charge in [0.25, 0.3) is 0 Å². The van der Waals surface area contributed by atoms with Crippen LogP contribution in [0, 0.1) is 11.3 Å². The Morgan fingerprint density at radius 2 is 2.26 bits per heavy atom. The van der Waals surface area contributed by atoms with E-state index in [9.17, 15) is 9.59 Å². The summed E-state index contributed by atoms with van der Waals surface area (Å²) in [5, 5.41) is 11.6. The van der Waals surface area contributed by atoms with Gasteiger partial charge in [0.15, 0.2) is 0 Å². The van der Waals surface area contributed by atoms with Crippen molar-refractivity contribution in [2.24, 2.45) is 0 Å². The lowest BCUT2D eigenvalue weighted by Gasteiger charge is -2.22. The first-order valence-corrected chi connectivity index (χ1v) is 7.19. The van der Waals surface area contributed by atoms with Crippen molar-refractivity contribution in [2.75, 3.05) is 5.75 Å². The quantitative estimate of drug-likeness (QED) is 0.778. The van der Waals surface area contributed by atoms with Crippen molar-refractivity contribution in [2.45, 2.75) is 50.3 Å². The minimum Gasteiger partial charge on any atom is -0.444 e. The molecule has 0 aromatic carbocycles. The lowest BCUT2D eigenvalue weighted by Crippen LogP contribution is -2.45. The van der Waals surface area contributed by atoms with Gasteiger partial charge in [-0.05, 0) is 20.8 Å². The van der Waals surface area contributed by atoms with E-state index in [1.165, 1.54) is 0 Å². The van der Waals surface area contributed by atoms with Gasteiger partial charge in [0.05, 0.1) is 11.4 Å². The number of hydrogen-bond acceptors (Lipinski definition) is 5. The van der Waals surface area contributed by atoms with Gasteiger partial charge in [-0.1, -0.05) is 0 Å². The number of hydrogen-bond donors (Lipinski definition) is 1. The molecule has 0 saturated carbocycles. The molecule has 19 heavy (non-hydrogen) atoms. The fraction of sp³-hybridized carbons (Fsp3) is 0.750. The molecule has 2 rings (SSSR count). The molecule has 0 aliphatic carbocycles. The maximum absolute atomic E-state index is 12.1. The Morgan fingerprint density at radius 3 is 2.84 bits per heavy atom. The van der Waals surface area contributed by atoms with Crippen LogP contribution in [0.3, 0.4) is 0 Å². The van der Waals surface area contributed by atoms with Crippen LogP contribution in [0.1, 0.15) is 27.2 Å².